The Balaban J connectivity index is 2.25. The lowest BCUT2D eigenvalue weighted by atomic mass is 10.2. The fourth-order valence-electron chi connectivity index (χ4n) is 1.69. The van der Waals surface area contributed by atoms with E-state index in [0.717, 1.165) is 22.3 Å². The van der Waals surface area contributed by atoms with Crippen molar-refractivity contribution in [3.05, 3.63) is 18.3 Å². The molecule has 0 spiro atoms. The van der Waals surface area contributed by atoms with Crippen LogP contribution in [0.4, 0.5) is 11.4 Å². The van der Waals surface area contributed by atoms with Crippen molar-refractivity contribution in [3.63, 3.8) is 0 Å². The molecule has 1 unspecified atom stereocenters. The minimum absolute atomic E-state index is 0.215. The third-order valence-corrected chi connectivity index (χ3v) is 2.43. The summed E-state index contributed by atoms with van der Waals surface area (Å²) in [6.07, 6.45) is 1.76. The first-order valence-corrected chi connectivity index (χ1v) is 5.19. The molecule has 1 heterocycles. The second-order valence-electron chi connectivity index (χ2n) is 3.90. The van der Waals surface area contributed by atoms with Gasteiger partial charge in [0.2, 0.25) is 0 Å². The molecule has 86 valence electrons. The van der Waals surface area contributed by atoms with E-state index in [0.29, 0.717) is 6.61 Å². The zero-order chi connectivity index (χ0) is 11.5. The van der Waals surface area contributed by atoms with E-state index in [4.69, 9.17) is 10.5 Å². The van der Waals surface area contributed by atoms with Crippen molar-refractivity contribution in [2.75, 3.05) is 24.8 Å². The van der Waals surface area contributed by atoms with E-state index in [1.807, 2.05) is 19.1 Å². The molecule has 16 heavy (non-hydrogen) atoms. The summed E-state index contributed by atoms with van der Waals surface area (Å²) < 4.78 is 5.06. The van der Waals surface area contributed by atoms with E-state index in [9.17, 15) is 0 Å². The number of aromatic amines is 1. The van der Waals surface area contributed by atoms with Gasteiger partial charge in [-0.25, -0.2) is 0 Å². The number of fused-ring (bicyclic) bond motifs is 1. The standard InChI is InChI=1S/C11H16N4O/c1-7(6-16-2)14-11-4-10-8(3-9(11)12)5-13-15-10/h3-5,7,14H,6,12H2,1-2H3,(H,13,15). The first-order chi connectivity index (χ1) is 7.70. The first kappa shape index (κ1) is 10.8. The van der Waals surface area contributed by atoms with Crippen LogP contribution >= 0.6 is 0 Å². The Labute approximate surface area is 94.0 Å². The largest absolute Gasteiger partial charge is 0.397 e. The monoisotopic (exact) mass is 220 g/mol. The van der Waals surface area contributed by atoms with Crippen molar-refractivity contribution >= 4 is 22.3 Å². The van der Waals surface area contributed by atoms with E-state index in [1.54, 1.807) is 13.3 Å². The zero-order valence-electron chi connectivity index (χ0n) is 9.45. The highest BCUT2D eigenvalue weighted by molar-refractivity contribution is 5.88. The van der Waals surface area contributed by atoms with E-state index >= 15 is 0 Å². The van der Waals surface area contributed by atoms with Gasteiger partial charge in [-0.3, -0.25) is 5.10 Å². The van der Waals surface area contributed by atoms with Crippen LogP contribution in [0.15, 0.2) is 18.3 Å². The molecule has 0 saturated heterocycles. The first-order valence-electron chi connectivity index (χ1n) is 5.19. The molecule has 1 atom stereocenters. The van der Waals surface area contributed by atoms with Crippen molar-refractivity contribution in [3.8, 4) is 0 Å². The van der Waals surface area contributed by atoms with Gasteiger partial charge in [-0.2, -0.15) is 5.10 Å². The molecule has 0 saturated carbocycles. The molecule has 2 aromatic rings. The summed E-state index contributed by atoms with van der Waals surface area (Å²) >= 11 is 0. The number of anilines is 2. The Morgan fingerprint density at radius 1 is 1.56 bits per heavy atom. The fraction of sp³-hybridized carbons (Fsp3) is 0.364. The number of methoxy groups -OCH3 is 1. The highest BCUT2D eigenvalue weighted by atomic mass is 16.5. The summed E-state index contributed by atoms with van der Waals surface area (Å²) in [4.78, 5) is 0. The topological polar surface area (TPSA) is 76.0 Å². The average molecular weight is 220 g/mol. The van der Waals surface area contributed by atoms with Gasteiger partial charge in [0.25, 0.3) is 0 Å². The Bertz CT molecular complexity index is 480. The smallest absolute Gasteiger partial charge is 0.0672 e. The van der Waals surface area contributed by atoms with Crippen LogP contribution in [0.1, 0.15) is 6.92 Å². The number of nitrogens with one attached hydrogen (secondary N) is 2. The minimum Gasteiger partial charge on any atom is -0.397 e. The minimum atomic E-state index is 0.215. The Hall–Kier alpha value is -1.75. The van der Waals surface area contributed by atoms with E-state index < -0.39 is 0 Å². The second-order valence-corrected chi connectivity index (χ2v) is 3.90. The molecular formula is C11H16N4O. The third-order valence-electron chi connectivity index (χ3n) is 2.43. The molecular weight excluding hydrogens is 204 g/mol. The molecule has 4 N–H and O–H groups in total. The lowest BCUT2D eigenvalue weighted by molar-refractivity contribution is 0.190. The summed E-state index contributed by atoms with van der Waals surface area (Å²) in [7, 11) is 1.68. The SMILES string of the molecule is COCC(C)Nc1cc2[nH]ncc2cc1N. The molecule has 0 radical (unpaired) electrons. The van der Waals surface area contributed by atoms with Gasteiger partial charge in [0.05, 0.1) is 29.7 Å². The van der Waals surface area contributed by atoms with Crippen LogP contribution in [0.2, 0.25) is 0 Å². The number of H-pyrrole nitrogens is 1. The van der Waals surface area contributed by atoms with Gasteiger partial charge < -0.3 is 15.8 Å². The van der Waals surface area contributed by atoms with E-state index in [2.05, 4.69) is 15.5 Å². The van der Waals surface area contributed by atoms with Gasteiger partial charge in [0.1, 0.15) is 0 Å². The van der Waals surface area contributed by atoms with Gasteiger partial charge >= 0.3 is 0 Å². The fourth-order valence-corrected chi connectivity index (χ4v) is 1.69. The highest BCUT2D eigenvalue weighted by Gasteiger charge is 2.06. The van der Waals surface area contributed by atoms with Gasteiger partial charge in [-0.05, 0) is 19.1 Å². The average Bonchev–Trinajstić information content (AvgIpc) is 2.65. The van der Waals surface area contributed by atoms with Crippen LogP contribution in [-0.2, 0) is 4.74 Å². The summed E-state index contributed by atoms with van der Waals surface area (Å²) in [5.41, 5.74) is 8.54. The summed E-state index contributed by atoms with van der Waals surface area (Å²) in [6.45, 7) is 2.68. The van der Waals surface area contributed by atoms with Crippen LogP contribution in [0.5, 0.6) is 0 Å². The number of benzene rings is 1. The molecule has 1 aromatic heterocycles. The van der Waals surface area contributed by atoms with E-state index in [1.165, 1.54) is 0 Å². The maximum Gasteiger partial charge on any atom is 0.0672 e. The summed E-state index contributed by atoms with van der Waals surface area (Å²) in [5, 5.41) is 11.2. The quantitative estimate of drug-likeness (QED) is 0.684. The lowest BCUT2D eigenvalue weighted by Gasteiger charge is -2.15. The maximum atomic E-state index is 5.95. The van der Waals surface area contributed by atoms with Gasteiger partial charge in [0.15, 0.2) is 0 Å². The molecule has 5 heteroatoms. The van der Waals surface area contributed by atoms with Crippen molar-refractivity contribution in [1.29, 1.82) is 0 Å². The van der Waals surface area contributed by atoms with Gasteiger partial charge in [-0.1, -0.05) is 0 Å². The third kappa shape index (κ3) is 2.09. The number of hydrogen-bond acceptors (Lipinski definition) is 4. The lowest BCUT2D eigenvalue weighted by Crippen LogP contribution is -2.21. The number of nitrogens with zero attached hydrogens (tertiary/aromatic N) is 1. The molecule has 0 bridgehead atoms. The number of aromatic nitrogens is 2. The van der Waals surface area contributed by atoms with E-state index in [-0.39, 0.29) is 6.04 Å². The van der Waals surface area contributed by atoms with Gasteiger partial charge in [-0.15, -0.1) is 0 Å². The molecule has 2 rings (SSSR count). The number of nitrogens with two attached hydrogens (primary N) is 1. The van der Waals surface area contributed by atoms with Crippen molar-refractivity contribution in [2.45, 2.75) is 13.0 Å². The number of rotatable bonds is 4. The van der Waals surface area contributed by atoms with Gasteiger partial charge in [0, 0.05) is 18.5 Å². The van der Waals surface area contributed by atoms with Crippen LogP contribution in [0.3, 0.4) is 0 Å². The zero-order valence-corrected chi connectivity index (χ0v) is 9.45. The summed E-state index contributed by atoms with van der Waals surface area (Å²) in [6, 6.07) is 4.08. The van der Waals surface area contributed by atoms with Crippen molar-refractivity contribution in [2.24, 2.45) is 0 Å². The predicted molar refractivity (Wildman–Crippen MR) is 65.5 cm³/mol. The molecule has 1 aromatic carbocycles. The van der Waals surface area contributed by atoms with Crippen molar-refractivity contribution < 1.29 is 4.74 Å². The molecule has 5 nitrogen and oxygen atoms in total. The number of ether oxygens (including phenoxy) is 1. The molecule has 0 aliphatic rings. The Morgan fingerprint density at radius 2 is 2.38 bits per heavy atom. The summed E-state index contributed by atoms with van der Waals surface area (Å²) in [5.74, 6) is 0. The maximum absolute atomic E-state index is 5.95. The Morgan fingerprint density at radius 3 is 3.12 bits per heavy atom. The highest BCUT2D eigenvalue weighted by Crippen LogP contribution is 2.25. The molecule has 0 aliphatic heterocycles. The normalized spacial score (nSPS) is 12.9. The molecule has 0 aliphatic carbocycles. The van der Waals surface area contributed by atoms with Crippen LogP contribution < -0.4 is 11.1 Å². The predicted octanol–water partition coefficient (Wildman–Crippen LogP) is 1.59. The number of nitrogen functional groups attached to an aromatic ring is 1. The van der Waals surface area contributed by atoms with Crippen LogP contribution in [0.25, 0.3) is 10.9 Å². The molecule has 0 fully saturated rings. The van der Waals surface area contributed by atoms with Crippen LogP contribution in [0, 0.1) is 0 Å². The Kier molecular flexibility index (Phi) is 2.96. The van der Waals surface area contributed by atoms with Crippen LogP contribution in [-0.4, -0.2) is 30.0 Å². The second kappa shape index (κ2) is 4.40. The molecule has 0 amide bonds. The number of hydrogen-bond donors (Lipinski definition) is 3. The van der Waals surface area contributed by atoms with Crippen molar-refractivity contribution in [1.82, 2.24) is 10.2 Å².